The van der Waals surface area contributed by atoms with E-state index in [4.69, 9.17) is 10.5 Å². The number of rotatable bonds is 4. The van der Waals surface area contributed by atoms with E-state index >= 15 is 0 Å². The first-order valence-electron chi connectivity index (χ1n) is 5.00. The molecule has 8 heteroatoms. The lowest BCUT2D eigenvalue weighted by Crippen LogP contribution is -2.02. The molecule has 0 saturated carbocycles. The van der Waals surface area contributed by atoms with Crippen LogP contribution < -0.4 is 10.5 Å². The molecule has 0 unspecified atom stereocenters. The third-order valence-corrected chi connectivity index (χ3v) is 2.74. The van der Waals surface area contributed by atoms with Crippen LogP contribution in [-0.2, 0) is 0 Å². The molecule has 0 aliphatic heterocycles. The molecule has 3 N–H and O–H groups in total. The number of nitrogen functional groups attached to an aromatic ring is 1. The molecule has 0 aromatic carbocycles. The summed E-state index contributed by atoms with van der Waals surface area (Å²) >= 11 is 1.27. The second kappa shape index (κ2) is 5.00. The third-order valence-electron chi connectivity index (χ3n) is 1.86. The summed E-state index contributed by atoms with van der Waals surface area (Å²) in [5, 5.41) is 7.90. The van der Waals surface area contributed by atoms with E-state index in [1.54, 1.807) is 0 Å². The zero-order valence-corrected chi connectivity index (χ0v) is 10.3. The van der Waals surface area contributed by atoms with E-state index in [2.05, 4.69) is 25.1 Å². The highest BCUT2D eigenvalue weighted by atomic mass is 32.2. The molecule has 0 amide bonds. The fraction of sp³-hybridized carbons (Fsp3) is 0.333. The molecule has 0 aliphatic rings. The minimum absolute atomic E-state index is 0.386. The molecule has 0 radical (unpaired) electrons. The van der Waals surface area contributed by atoms with Gasteiger partial charge in [0.2, 0.25) is 11.0 Å². The zero-order chi connectivity index (χ0) is 12.3. The van der Waals surface area contributed by atoms with Crippen LogP contribution >= 0.6 is 11.8 Å². The second-order valence-corrected chi connectivity index (χ2v) is 4.09. The summed E-state index contributed by atoms with van der Waals surface area (Å²) in [4.78, 5) is 12.2. The van der Waals surface area contributed by atoms with E-state index < -0.39 is 0 Å². The molecule has 90 valence electrons. The normalized spacial score (nSPS) is 10.5. The Bertz CT molecular complexity index is 514. The number of H-pyrrole nitrogens is 1. The van der Waals surface area contributed by atoms with E-state index in [9.17, 15) is 0 Å². The van der Waals surface area contributed by atoms with Crippen molar-refractivity contribution in [2.75, 3.05) is 12.3 Å². The number of aromatic amines is 1. The summed E-state index contributed by atoms with van der Waals surface area (Å²) in [6.07, 6.45) is 1.41. The molecular formula is C9H12N6OS. The standard InChI is InChI=1S/C9H12N6OS/c1-3-16-7-6(10)8(12-4-11-7)17-9-13-5(2)14-15-9/h4H,3,10H2,1-2H3,(H,13,14,15). The number of nitrogens with one attached hydrogen (secondary N) is 1. The van der Waals surface area contributed by atoms with Gasteiger partial charge < -0.3 is 10.5 Å². The molecule has 2 rings (SSSR count). The van der Waals surface area contributed by atoms with Crippen molar-refractivity contribution in [2.24, 2.45) is 0 Å². The maximum atomic E-state index is 5.89. The fourth-order valence-electron chi connectivity index (χ4n) is 1.15. The first-order valence-corrected chi connectivity index (χ1v) is 5.82. The highest BCUT2D eigenvalue weighted by molar-refractivity contribution is 7.99. The van der Waals surface area contributed by atoms with Gasteiger partial charge in [-0.15, -0.1) is 5.10 Å². The lowest BCUT2D eigenvalue weighted by molar-refractivity contribution is 0.327. The Kier molecular flexibility index (Phi) is 3.43. The molecule has 0 bridgehead atoms. The number of ether oxygens (including phenoxy) is 1. The summed E-state index contributed by atoms with van der Waals surface area (Å²) < 4.78 is 5.28. The van der Waals surface area contributed by atoms with E-state index in [0.29, 0.717) is 28.4 Å². The third kappa shape index (κ3) is 2.64. The Morgan fingerprint density at radius 3 is 2.94 bits per heavy atom. The average Bonchev–Trinajstić information content (AvgIpc) is 2.70. The lowest BCUT2D eigenvalue weighted by Gasteiger charge is -2.06. The van der Waals surface area contributed by atoms with Gasteiger partial charge in [0.15, 0.2) is 0 Å². The van der Waals surface area contributed by atoms with Gasteiger partial charge >= 0.3 is 0 Å². The molecule has 17 heavy (non-hydrogen) atoms. The topological polar surface area (TPSA) is 103 Å². The highest BCUT2D eigenvalue weighted by Gasteiger charge is 2.12. The van der Waals surface area contributed by atoms with Gasteiger partial charge in [-0.05, 0) is 25.6 Å². The van der Waals surface area contributed by atoms with Crippen molar-refractivity contribution in [3.8, 4) is 5.88 Å². The summed E-state index contributed by atoms with van der Waals surface area (Å²) in [5.41, 5.74) is 6.29. The Hall–Kier alpha value is -1.83. The van der Waals surface area contributed by atoms with Gasteiger partial charge in [-0.1, -0.05) is 0 Å². The predicted octanol–water partition coefficient (Wildman–Crippen LogP) is 1.04. The highest BCUT2D eigenvalue weighted by Crippen LogP contribution is 2.31. The van der Waals surface area contributed by atoms with Crippen LogP contribution in [0.5, 0.6) is 5.88 Å². The second-order valence-electron chi connectivity index (χ2n) is 3.14. The smallest absolute Gasteiger partial charge is 0.241 e. The number of aryl methyl sites for hydroxylation is 1. The van der Waals surface area contributed by atoms with Crippen molar-refractivity contribution in [2.45, 2.75) is 24.0 Å². The van der Waals surface area contributed by atoms with Gasteiger partial charge in [0, 0.05) is 0 Å². The zero-order valence-electron chi connectivity index (χ0n) is 9.47. The van der Waals surface area contributed by atoms with Crippen LogP contribution in [0.3, 0.4) is 0 Å². The van der Waals surface area contributed by atoms with E-state index in [1.165, 1.54) is 18.1 Å². The summed E-state index contributed by atoms with van der Waals surface area (Å²) in [5.74, 6) is 1.13. The van der Waals surface area contributed by atoms with Crippen molar-refractivity contribution < 1.29 is 4.74 Å². The quantitative estimate of drug-likeness (QED) is 0.783. The van der Waals surface area contributed by atoms with Crippen molar-refractivity contribution >= 4 is 17.4 Å². The number of hydrogen-bond acceptors (Lipinski definition) is 7. The molecule has 0 aliphatic carbocycles. The Labute approximate surface area is 102 Å². The number of aromatic nitrogens is 5. The van der Waals surface area contributed by atoms with Crippen LogP contribution in [0.25, 0.3) is 0 Å². The number of nitrogens with zero attached hydrogens (tertiary/aromatic N) is 4. The number of hydrogen-bond donors (Lipinski definition) is 2. The Balaban J connectivity index is 2.23. The summed E-state index contributed by atoms with van der Waals surface area (Å²) in [7, 11) is 0. The number of anilines is 1. The molecule has 7 nitrogen and oxygen atoms in total. The molecule has 2 aromatic heterocycles. The van der Waals surface area contributed by atoms with Crippen molar-refractivity contribution in [3.63, 3.8) is 0 Å². The maximum Gasteiger partial charge on any atom is 0.241 e. The predicted molar refractivity (Wildman–Crippen MR) is 62.9 cm³/mol. The van der Waals surface area contributed by atoms with Gasteiger partial charge in [0.05, 0.1) is 6.61 Å². The van der Waals surface area contributed by atoms with Crippen molar-refractivity contribution in [3.05, 3.63) is 12.2 Å². The minimum Gasteiger partial charge on any atom is -0.476 e. The van der Waals surface area contributed by atoms with Crippen LogP contribution in [0.15, 0.2) is 16.5 Å². The first kappa shape index (κ1) is 11.6. The van der Waals surface area contributed by atoms with E-state index in [1.807, 2.05) is 13.8 Å². The molecule has 2 heterocycles. The number of nitrogens with two attached hydrogens (primary N) is 1. The summed E-state index contributed by atoms with van der Waals surface area (Å²) in [6, 6.07) is 0. The monoisotopic (exact) mass is 252 g/mol. The first-order chi connectivity index (χ1) is 8.20. The lowest BCUT2D eigenvalue weighted by atomic mass is 10.5. The fourth-order valence-corrected chi connectivity index (χ4v) is 1.90. The maximum absolute atomic E-state index is 5.89. The summed E-state index contributed by atoms with van der Waals surface area (Å²) in [6.45, 7) is 4.20. The van der Waals surface area contributed by atoms with Crippen molar-refractivity contribution in [1.29, 1.82) is 0 Å². The molecule has 0 spiro atoms. The van der Waals surface area contributed by atoms with Gasteiger partial charge in [0.25, 0.3) is 0 Å². The molecule has 2 aromatic rings. The van der Waals surface area contributed by atoms with Crippen LogP contribution in [0.2, 0.25) is 0 Å². The SMILES string of the molecule is CCOc1ncnc(Sc2n[nH]c(C)n2)c1N. The Morgan fingerprint density at radius 2 is 2.29 bits per heavy atom. The van der Waals surface area contributed by atoms with Crippen LogP contribution in [0.4, 0.5) is 5.69 Å². The van der Waals surface area contributed by atoms with Gasteiger partial charge in [-0.25, -0.2) is 9.97 Å². The molecule has 0 saturated heterocycles. The minimum atomic E-state index is 0.386. The van der Waals surface area contributed by atoms with E-state index in [-0.39, 0.29) is 0 Å². The molecule has 0 atom stereocenters. The van der Waals surface area contributed by atoms with E-state index in [0.717, 1.165) is 5.82 Å². The molecule has 0 fully saturated rings. The van der Waals surface area contributed by atoms with Crippen molar-refractivity contribution in [1.82, 2.24) is 25.1 Å². The van der Waals surface area contributed by atoms with Crippen LogP contribution in [0.1, 0.15) is 12.7 Å². The van der Waals surface area contributed by atoms with Gasteiger partial charge in [0.1, 0.15) is 22.9 Å². The Morgan fingerprint density at radius 1 is 1.47 bits per heavy atom. The van der Waals surface area contributed by atoms with Gasteiger partial charge in [-0.3, -0.25) is 5.10 Å². The van der Waals surface area contributed by atoms with Gasteiger partial charge in [-0.2, -0.15) is 4.98 Å². The molecular weight excluding hydrogens is 240 g/mol. The van der Waals surface area contributed by atoms with Crippen LogP contribution in [-0.4, -0.2) is 31.8 Å². The van der Waals surface area contributed by atoms with Crippen LogP contribution in [0, 0.1) is 6.92 Å². The average molecular weight is 252 g/mol. The largest absolute Gasteiger partial charge is 0.476 e.